The third kappa shape index (κ3) is 6.78. The van der Waals surface area contributed by atoms with Gasteiger partial charge in [0.25, 0.3) is 0 Å². The summed E-state index contributed by atoms with van der Waals surface area (Å²) in [6, 6.07) is 4.95. The van der Waals surface area contributed by atoms with Gasteiger partial charge in [0.1, 0.15) is 6.54 Å². The summed E-state index contributed by atoms with van der Waals surface area (Å²) in [7, 11) is -3.64. The zero-order valence-corrected chi connectivity index (χ0v) is 22.3. The van der Waals surface area contributed by atoms with E-state index in [0.29, 0.717) is 31.2 Å². The maximum atomic E-state index is 13.2. The molecule has 0 unspecified atom stereocenters. The van der Waals surface area contributed by atoms with Gasteiger partial charge >= 0.3 is 0 Å². The Labute approximate surface area is 213 Å². The number of benzene rings is 1. The minimum atomic E-state index is -3.64. The van der Waals surface area contributed by atoms with Gasteiger partial charge in [0.2, 0.25) is 21.8 Å². The van der Waals surface area contributed by atoms with Crippen LogP contribution >= 0.6 is 11.8 Å². The van der Waals surface area contributed by atoms with E-state index in [1.807, 2.05) is 0 Å². The molecular formula is C25H38N4O4S2. The third-order valence-electron chi connectivity index (χ3n) is 7.23. The Balaban J connectivity index is 1.37. The summed E-state index contributed by atoms with van der Waals surface area (Å²) in [6.07, 6.45) is 7.67. The standard InChI is InChI=1S/C25H38N4O4S2/c1-20-9-15-28(16-10-20)35(32,33)21-7-8-23-22(17-21)29(25(31)19-34-23)18-24(30)26-11-6-14-27-12-4-2-3-5-13-27/h7-8,17,20H,2-6,9-16,18-19H2,1H3,(H,26,30). The van der Waals surface area contributed by atoms with Crippen molar-refractivity contribution in [2.24, 2.45) is 5.92 Å². The van der Waals surface area contributed by atoms with Gasteiger partial charge in [-0.05, 0) is 75.9 Å². The lowest BCUT2D eigenvalue weighted by atomic mass is 10.0. The van der Waals surface area contributed by atoms with Crippen LogP contribution in [-0.2, 0) is 19.6 Å². The molecule has 0 aromatic heterocycles. The first-order chi connectivity index (χ1) is 16.8. The van der Waals surface area contributed by atoms with Gasteiger partial charge in [0.15, 0.2) is 0 Å². The van der Waals surface area contributed by atoms with Crippen LogP contribution in [0.15, 0.2) is 28.0 Å². The molecule has 0 saturated carbocycles. The molecule has 10 heteroatoms. The van der Waals surface area contributed by atoms with Crippen LogP contribution in [0.25, 0.3) is 0 Å². The lowest BCUT2D eigenvalue weighted by Gasteiger charge is -2.31. The first kappa shape index (κ1) is 26.4. The van der Waals surface area contributed by atoms with Gasteiger partial charge in [-0.1, -0.05) is 19.8 Å². The van der Waals surface area contributed by atoms with Gasteiger partial charge in [-0.3, -0.25) is 9.59 Å². The molecule has 0 aliphatic carbocycles. The number of likely N-dealkylation sites (tertiary alicyclic amines) is 1. The van der Waals surface area contributed by atoms with Crippen LogP contribution in [0.1, 0.15) is 51.9 Å². The summed E-state index contributed by atoms with van der Waals surface area (Å²) in [5, 5.41) is 2.94. The highest BCUT2D eigenvalue weighted by atomic mass is 32.2. The molecule has 1 N–H and O–H groups in total. The van der Waals surface area contributed by atoms with Crippen molar-refractivity contribution in [3.8, 4) is 0 Å². The molecule has 0 radical (unpaired) electrons. The fourth-order valence-corrected chi connectivity index (χ4v) is 7.39. The minimum Gasteiger partial charge on any atom is -0.355 e. The molecule has 1 aromatic carbocycles. The summed E-state index contributed by atoms with van der Waals surface area (Å²) in [5.41, 5.74) is 0.511. The largest absolute Gasteiger partial charge is 0.355 e. The first-order valence-electron chi connectivity index (χ1n) is 12.9. The number of amides is 2. The van der Waals surface area contributed by atoms with Crippen molar-refractivity contribution in [1.29, 1.82) is 0 Å². The summed E-state index contributed by atoms with van der Waals surface area (Å²) in [4.78, 5) is 30.3. The molecule has 3 aliphatic rings. The van der Waals surface area contributed by atoms with Crippen molar-refractivity contribution >= 4 is 39.3 Å². The number of carbonyl (C=O) groups excluding carboxylic acids is 2. The van der Waals surface area contributed by atoms with Crippen molar-refractivity contribution in [1.82, 2.24) is 14.5 Å². The normalized spacial score (nSPS) is 20.9. The summed E-state index contributed by atoms with van der Waals surface area (Å²) < 4.78 is 28.0. The quantitative estimate of drug-likeness (QED) is 0.528. The maximum absolute atomic E-state index is 13.2. The van der Waals surface area contributed by atoms with Crippen molar-refractivity contribution < 1.29 is 18.0 Å². The highest BCUT2D eigenvalue weighted by Gasteiger charge is 2.32. The Hall–Kier alpha value is -1.62. The van der Waals surface area contributed by atoms with E-state index in [4.69, 9.17) is 0 Å². The Bertz CT molecular complexity index is 1000. The summed E-state index contributed by atoms with van der Waals surface area (Å²) in [6.45, 7) is 6.87. The molecule has 4 rings (SSSR count). The molecule has 0 bridgehead atoms. The number of fused-ring (bicyclic) bond motifs is 1. The fourth-order valence-electron chi connectivity index (χ4n) is 4.98. The first-order valence-corrected chi connectivity index (χ1v) is 15.3. The maximum Gasteiger partial charge on any atom is 0.243 e. The average molecular weight is 523 g/mol. The van der Waals surface area contributed by atoms with Crippen LogP contribution in [0.5, 0.6) is 0 Å². The third-order valence-corrected chi connectivity index (χ3v) is 10.2. The Kier molecular flexibility index (Phi) is 9.13. The van der Waals surface area contributed by atoms with Crippen LogP contribution in [-0.4, -0.2) is 81.0 Å². The topological polar surface area (TPSA) is 90.0 Å². The molecular weight excluding hydrogens is 484 g/mol. The van der Waals surface area contributed by atoms with Crippen molar-refractivity contribution in [2.45, 2.75) is 61.7 Å². The van der Waals surface area contributed by atoms with E-state index in [1.54, 1.807) is 18.2 Å². The van der Waals surface area contributed by atoms with Crippen molar-refractivity contribution in [3.05, 3.63) is 18.2 Å². The van der Waals surface area contributed by atoms with Crippen LogP contribution in [0.4, 0.5) is 5.69 Å². The summed E-state index contributed by atoms with van der Waals surface area (Å²) >= 11 is 1.38. The van der Waals surface area contributed by atoms with Gasteiger partial charge in [-0.25, -0.2) is 8.42 Å². The minimum absolute atomic E-state index is 0.0964. The second kappa shape index (κ2) is 12.1. The van der Waals surface area contributed by atoms with E-state index in [1.165, 1.54) is 46.7 Å². The molecule has 0 atom stereocenters. The molecule has 2 fully saturated rings. The van der Waals surface area contributed by atoms with Gasteiger partial charge in [-0.15, -0.1) is 11.8 Å². The predicted octanol–water partition coefficient (Wildman–Crippen LogP) is 2.93. The van der Waals surface area contributed by atoms with Crippen LogP contribution in [0.3, 0.4) is 0 Å². The van der Waals surface area contributed by atoms with E-state index < -0.39 is 10.0 Å². The lowest BCUT2D eigenvalue weighted by Crippen LogP contribution is -2.44. The number of rotatable bonds is 8. The molecule has 0 spiro atoms. The molecule has 3 heterocycles. The molecule has 194 valence electrons. The highest BCUT2D eigenvalue weighted by molar-refractivity contribution is 8.00. The number of anilines is 1. The van der Waals surface area contributed by atoms with Crippen molar-refractivity contribution in [2.75, 3.05) is 56.5 Å². The Morgan fingerprint density at radius 2 is 1.80 bits per heavy atom. The number of hydrogen-bond donors (Lipinski definition) is 1. The molecule has 3 aliphatic heterocycles. The van der Waals surface area contributed by atoms with E-state index in [9.17, 15) is 18.0 Å². The number of nitrogens with zero attached hydrogens (tertiary/aromatic N) is 3. The monoisotopic (exact) mass is 522 g/mol. The van der Waals surface area contributed by atoms with E-state index in [2.05, 4.69) is 17.1 Å². The van der Waals surface area contributed by atoms with E-state index in [0.717, 1.165) is 43.8 Å². The number of nitrogens with one attached hydrogen (secondary N) is 1. The molecule has 8 nitrogen and oxygen atoms in total. The fraction of sp³-hybridized carbons (Fsp3) is 0.680. The lowest BCUT2D eigenvalue weighted by molar-refractivity contribution is -0.123. The second-order valence-electron chi connectivity index (χ2n) is 9.94. The SMILES string of the molecule is CC1CCN(S(=O)(=O)c2ccc3c(c2)N(CC(=O)NCCCN2CCCCCC2)C(=O)CS3)CC1. The van der Waals surface area contributed by atoms with E-state index in [-0.39, 0.29) is 29.0 Å². The number of hydrogen-bond acceptors (Lipinski definition) is 6. The van der Waals surface area contributed by atoms with Gasteiger partial charge in [0.05, 0.1) is 16.3 Å². The predicted molar refractivity (Wildman–Crippen MR) is 139 cm³/mol. The van der Waals surface area contributed by atoms with Crippen LogP contribution in [0, 0.1) is 5.92 Å². The average Bonchev–Trinajstić information content (AvgIpc) is 3.12. The Morgan fingerprint density at radius 3 is 2.51 bits per heavy atom. The zero-order chi connectivity index (χ0) is 24.8. The molecule has 2 amide bonds. The second-order valence-corrected chi connectivity index (χ2v) is 12.9. The number of piperidine rings is 1. The number of thioether (sulfide) groups is 1. The number of sulfonamides is 1. The summed E-state index contributed by atoms with van der Waals surface area (Å²) in [5.74, 6) is 0.372. The van der Waals surface area contributed by atoms with Gasteiger partial charge in [-0.2, -0.15) is 4.31 Å². The van der Waals surface area contributed by atoms with Gasteiger partial charge < -0.3 is 15.1 Å². The smallest absolute Gasteiger partial charge is 0.243 e. The zero-order valence-electron chi connectivity index (χ0n) is 20.7. The van der Waals surface area contributed by atoms with E-state index >= 15 is 0 Å². The molecule has 35 heavy (non-hydrogen) atoms. The number of carbonyl (C=O) groups is 2. The molecule has 2 saturated heterocycles. The molecule has 1 aromatic rings. The van der Waals surface area contributed by atoms with Gasteiger partial charge in [0, 0.05) is 24.5 Å². The van der Waals surface area contributed by atoms with Crippen LogP contribution in [0.2, 0.25) is 0 Å². The Morgan fingerprint density at radius 1 is 1.09 bits per heavy atom. The highest BCUT2D eigenvalue weighted by Crippen LogP contribution is 2.37. The van der Waals surface area contributed by atoms with Crippen LogP contribution < -0.4 is 10.2 Å². The van der Waals surface area contributed by atoms with Crippen molar-refractivity contribution in [3.63, 3.8) is 0 Å².